The van der Waals surface area contributed by atoms with Gasteiger partial charge in [0.15, 0.2) is 0 Å². The second kappa shape index (κ2) is 52.8. The Morgan fingerprint density at radius 2 is 0.682 bits per heavy atom. The summed E-state index contributed by atoms with van der Waals surface area (Å²) in [6.45, 7) is 20.5. The molecule has 0 aromatic rings. The van der Waals surface area contributed by atoms with E-state index < -0.39 is 95.9 Å². The maximum Gasteiger partial charge on any atom is 0.326 e. The van der Waals surface area contributed by atoms with Gasteiger partial charge in [0.2, 0.25) is 11.8 Å². The summed E-state index contributed by atoms with van der Waals surface area (Å²) in [5.41, 5.74) is 15.3. The third-order valence-corrected chi connectivity index (χ3v) is 11.3. The highest BCUT2D eigenvalue weighted by atomic mass is 16.4. The van der Waals surface area contributed by atoms with Gasteiger partial charge >= 0.3 is 59.7 Å². The molecular formula is C53H104N10O22. The van der Waals surface area contributed by atoms with Crippen LogP contribution in [0.4, 0.5) is 0 Å². The first-order chi connectivity index (χ1) is 39.1. The highest BCUT2D eigenvalue weighted by Gasteiger charge is 2.27. The Morgan fingerprint density at radius 1 is 0.412 bits per heavy atom. The van der Waals surface area contributed by atoms with Gasteiger partial charge < -0.3 is 105 Å². The first kappa shape index (κ1) is 89.5. The molecule has 0 aromatic carbocycles. The lowest BCUT2D eigenvalue weighted by atomic mass is 10.0. The lowest BCUT2D eigenvalue weighted by Gasteiger charge is -2.12. The van der Waals surface area contributed by atoms with Crippen molar-refractivity contribution in [2.24, 2.45) is 40.9 Å². The topological polar surface area (TPSA) is 569 Å². The predicted molar refractivity (Wildman–Crippen MR) is 312 cm³/mol. The third-order valence-electron chi connectivity index (χ3n) is 11.3. The maximum absolute atomic E-state index is 10.4. The Kier molecular flexibility index (Phi) is 55.7. The number of carbonyl (C=O) groups is 12. The van der Waals surface area contributed by atoms with E-state index in [1.807, 2.05) is 55.4 Å². The molecule has 2 amide bonds. The van der Waals surface area contributed by atoms with Crippen LogP contribution in [-0.2, 0) is 57.5 Å². The summed E-state index contributed by atoms with van der Waals surface area (Å²) >= 11 is 0. The molecule has 10 atom stereocenters. The van der Waals surface area contributed by atoms with E-state index in [4.69, 9.17) is 68.3 Å². The Balaban J connectivity index is -0.000000204. The molecule has 498 valence electrons. The van der Waals surface area contributed by atoms with E-state index in [0.29, 0.717) is 75.0 Å². The highest BCUT2D eigenvalue weighted by molar-refractivity contribution is 5.87. The van der Waals surface area contributed by atoms with Gasteiger partial charge in [-0.25, -0.2) is 9.59 Å². The molecule has 0 saturated carbocycles. The molecule has 0 bridgehead atoms. The van der Waals surface area contributed by atoms with E-state index in [9.17, 15) is 57.5 Å². The molecular weight excluding hydrogens is 1130 g/mol. The first-order valence-corrected chi connectivity index (χ1v) is 27.7. The summed E-state index contributed by atoms with van der Waals surface area (Å²) in [5.74, 6) is -7.23. The van der Waals surface area contributed by atoms with Crippen molar-refractivity contribution in [3.63, 3.8) is 0 Å². The van der Waals surface area contributed by atoms with Crippen molar-refractivity contribution in [2.45, 2.75) is 207 Å². The number of amides is 2. The lowest BCUT2D eigenvalue weighted by molar-refractivity contribution is -0.140. The number of hydrogen-bond acceptors (Lipinski definition) is 20. The largest absolute Gasteiger partial charge is 0.480 e. The Hall–Kier alpha value is -6.68. The average Bonchev–Trinajstić information content (AvgIpc) is 4.26. The standard InChI is InChI=1S/2C7H15NO2.2C6H13NO2.2C5H7NO3.2C5H9NO2.C4H9NO2.C3H7NO2/c2*1-5(2)4-6(8-3)7(9)10;2*1-4(2)3-5(7)6(8)9;2*7-4-2-1-3(6-4)5(8)9;2*7-5(8)4-2-1-3-6-4;1-3(5-2)4(6)7;1-2(4)3(5)6/h2*5-6,8H,4H2,1-3H3,(H,9,10);2*4-5H,3,7H2,1-2H3,(H,8,9);2*3H,1-2H2,(H,6,7)(H,8,9);2*4,6H,1-3H2,(H,7,8);3,5H,1-2H3,(H,6,7);2H,4H2,1H3,(H,5,6)/t2*6-;5-;;2*3-;2*4-;3-;/m000.00000./s1. The van der Waals surface area contributed by atoms with Crippen molar-refractivity contribution in [3.05, 3.63) is 0 Å². The number of likely N-dealkylation sites (N-methyl/N-ethyl adjacent to an activating group) is 3. The molecule has 4 heterocycles. The van der Waals surface area contributed by atoms with Crippen LogP contribution in [-0.4, -0.2) is 217 Å². The van der Waals surface area contributed by atoms with Crippen LogP contribution in [0, 0.1) is 23.7 Å². The van der Waals surface area contributed by atoms with E-state index in [0.717, 1.165) is 38.8 Å². The average molecular weight is 1230 g/mol. The van der Waals surface area contributed by atoms with Gasteiger partial charge in [-0.3, -0.25) is 47.9 Å². The summed E-state index contributed by atoms with van der Waals surface area (Å²) < 4.78 is 0. The molecule has 0 spiro atoms. The molecule has 4 aliphatic heterocycles. The number of nitrogens with two attached hydrogens (primary N) is 3. The second-order valence-corrected chi connectivity index (χ2v) is 21.2. The summed E-state index contributed by atoms with van der Waals surface area (Å²) in [7, 11) is 4.95. The van der Waals surface area contributed by atoms with Crippen LogP contribution >= 0.6 is 0 Å². The summed E-state index contributed by atoms with van der Waals surface area (Å²) in [6.07, 6.45) is 7.58. The maximum atomic E-state index is 10.4. The highest BCUT2D eigenvalue weighted by Crippen LogP contribution is 2.08. The van der Waals surface area contributed by atoms with E-state index >= 15 is 0 Å². The minimum absolute atomic E-state index is 0.164. The minimum Gasteiger partial charge on any atom is -0.480 e. The fourth-order valence-corrected chi connectivity index (χ4v) is 6.36. The molecule has 0 aliphatic carbocycles. The van der Waals surface area contributed by atoms with Crippen molar-refractivity contribution in [2.75, 3.05) is 34.2 Å². The minimum atomic E-state index is -0.963. The van der Waals surface area contributed by atoms with Gasteiger partial charge in [0.05, 0.1) is 0 Å². The zero-order valence-corrected chi connectivity index (χ0v) is 51.6. The molecule has 32 heteroatoms. The van der Waals surface area contributed by atoms with E-state index in [1.54, 1.807) is 28.1 Å². The number of hydrogen-bond donors (Lipinski definition) is 20. The molecule has 4 saturated heterocycles. The molecule has 4 rings (SSSR count). The number of rotatable bonds is 21. The van der Waals surface area contributed by atoms with Crippen molar-refractivity contribution < 1.29 is 109 Å². The monoisotopic (exact) mass is 1230 g/mol. The van der Waals surface area contributed by atoms with Crippen LogP contribution in [0.5, 0.6) is 0 Å². The molecule has 23 N–H and O–H groups in total. The number of carbonyl (C=O) groups excluding carboxylic acids is 2. The van der Waals surface area contributed by atoms with Crippen molar-refractivity contribution in [3.8, 4) is 0 Å². The number of nitrogens with one attached hydrogen (secondary N) is 7. The molecule has 0 aromatic heterocycles. The normalized spacial score (nSPS) is 19.0. The predicted octanol–water partition coefficient (Wildman–Crippen LogP) is -0.259. The van der Waals surface area contributed by atoms with E-state index in [2.05, 4.69) is 37.2 Å². The zero-order chi connectivity index (χ0) is 67.9. The molecule has 32 nitrogen and oxygen atoms in total. The van der Waals surface area contributed by atoms with Gasteiger partial charge in [-0.1, -0.05) is 55.4 Å². The fraction of sp³-hybridized carbons (Fsp3) is 0.774. The van der Waals surface area contributed by atoms with E-state index in [1.165, 1.54) is 6.92 Å². The SMILES string of the molecule is CC(C)CC(N)C(=O)O.CC(C)C[C@H](N)C(=O)O.CC(N)C(=O)O.CN[C@@H](C)C(=O)O.CN[C@@H](CC(C)C)C(=O)O.CN[C@@H](CC(C)C)C(=O)O.O=C(O)[C@@H]1CCCN1.O=C(O)[C@@H]1CCCN1.O=C1CC[C@@H](C(=O)O)N1.O=C1CC[C@@H](C(=O)O)N1. The number of carboxylic acids is 10. The van der Waals surface area contributed by atoms with E-state index in [-0.39, 0.29) is 36.0 Å². The van der Waals surface area contributed by atoms with Crippen LogP contribution in [0.1, 0.15) is 146 Å². The summed E-state index contributed by atoms with van der Waals surface area (Å²) in [5, 5.41) is 101. The van der Waals surface area contributed by atoms with Gasteiger partial charge in [-0.2, -0.15) is 0 Å². The van der Waals surface area contributed by atoms with Crippen LogP contribution in [0.15, 0.2) is 0 Å². The van der Waals surface area contributed by atoms with Crippen LogP contribution < -0.4 is 54.4 Å². The van der Waals surface area contributed by atoms with Gasteiger partial charge in [0.25, 0.3) is 0 Å². The quantitative estimate of drug-likeness (QED) is 0.0704. The number of aliphatic carboxylic acids is 10. The second-order valence-electron chi connectivity index (χ2n) is 21.2. The van der Waals surface area contributed by atoms with Crippen molar-refractivity contribution in [1.29, 1.82) is 0 Å². The summed E-state index contributed by atoms with van der Waals surface area (Å²) in [4.78, 5) is 122. The number of carboxylic acid groups (broad SMARTS) is 10. The Morgan fingerprint density at radius 3 is 0.753 bits per heavy atom. The van der Waals surface area contributed by atoms with Gasteiger partial charge in [-0.05, 0) is 136 Å². The fourth-order valence-electron chi connectivity index (χ4n) is 6.36. The van der Waals surface area contributed by atoms with Gasteiger partial charge in [0.1, 0.15) is 60.4 Å². The van der Waals surface area contributed by atoms with Gasteiger partial charge in [0, 0.05) is 12.8 Å². The van der Waals surface area contributed by atoms with Crippen molar-refractivity contribution >= 4 is 71.5 Å². The first-order valence-electron chi connectivity index (χ1n) is 27.7. The molecule has 4 fully saturated rings. The Labute approximate surface area is 497 Å². The molecule has 4 aliphatic rings. The van der Waals surface area contributed by atoms with Gasteiger partial charge in [-0.15, -0.1) is 0 Å². The van der Waals surface area contributed by atoms with Crippen LogP contribution in [0.25, 0.3) is 0 Å². The molecule has 0 radical (unpaired) electrons. The third kappa shape index (κ3) is 57.5. The Bertz CT molecular complexity index is 1830. The van der Waals surface area contributed by atoms with Crippen LogP contribution in [0.2, 0.25) is 0 Å². The molecule has 85 heavy (non-hydrogen) atoms. The van der Waals surface area contributed by atoms with Crippen LogP contribution in [0.3, 0.4) is 0 Å². The zero-order valence-electron chi connectivity index (χ0n) is 51.6. The smallest absolute Gasteiger partial charge is 0.326 e. The summed E-state index contributed by atoms with van der Waals surface area (Å²) in [6, 6.07) is -5.14. The lowest BCUT2D eigenvalue weighted by Crippen LogP contribution is -2.34. The van der Waals surface area contributed by atoms with Crippen molar-refractivity contribution in [1.82, 2.24) is 37.2 Å². The molecule has 2 unspecified atom stereocenters.